The van der Waals surface area contributed by atoms with Crippen LogP contribution in [-0.4, -0.2) is 26.6 Å². The van der Waals surface area contributed by atoms with Gasteiger partial charge in [-0.25, -0.2) is 0 Å². The number of rotatable bonds is 6. The molecule has 0 N–H and O–H groups in total. The van der Waals surface area contributed by atoms with Gasteiger partial charge in [0.2, 0.25) is 0 Å². The van der Waals surface area contributed by atoms with Gasteiger partial charge in [0.15, 0.2) is 8.32 Å². The number of nitriles is 1. The molecule has 1 aliphatic heterocycles. The number of epoxide rings is 1. The van der Waals surface area contributed by atoms with Crippen LogP contribution in [-0.2, 0) is 9.16 Å². The summed E-state index contributed by atoms with van der Waals surface area (Å²) in [5.74, 6) is 0. The summed E-state index contributed by atoms with van der Waals surface area (Å²) in [7, 11) is -1.71. The van der Waals surface area contributed by atoms with Crippen LogP contribution in [0.3, 0.4) is 0 Å². The maximum atomic E-state index is 8.85. The molecule has 0 saturated carbocycles. The molecule has 4 heteroatoms. The second-order valence-electron chi connectivity index (χ2n) is 8.67. The summed E-state index contributed by atoms with van der Waals surface area (Å²) in [5, 5.41) is 9.08. The number of ether oxygens (including phenoxy) is 1. The van der Waals surface area contributed by atoms with E-state index >= 15 is 0 Å². The van der Waals surface area contributed by atoms with Crippen LogP contribution in [0.4, 0.5) is 0 Å². The van der Waals surface area contributed by atoms with Crippen LogP contribution in [0, 0.1) is 16.7 Å². The first-order chi connectivity index (χ1) is 8.83. The zero-order valence-corrected chi connectivity index (χ0v) is 15.5. The highest BCUT2D eigenvalue weighted by Crippen LogP contribution is 2.46. The summed E-state index contributed by atoms with van der Waals surface area (Å²) in [4.78, 5) is 0. The van der Waals surface area contributed by atoms with Gasteiger partial charge >= 0.3 is 0 Å². The Morgan fingerprint density at radius 1 is 1.25 bits per heavy atom. The van der Waals surface area contributed by atoms with E-state index in [1.807, 2.05) is 0 Å². The van der Waals surface area contributed by atoms with Crippen LogP contribution < -0.4 is 0 Å². The van der Waals surface area contributed by atoms with Crippen molar-refractivity contribution in [2.45, 2.75) is 84.2 Å². The van der Waals surface area contributed by atoms with Crippen molar-refractivity contribution in [3.8, 4) is 6.07 Å². The van der Waals surface area contributed by atoms with Crippen LogP contribution in [0.1, 0.15) is 54.4 Å². The normalized spacial score (nSPS) is 27.2. The molecule has 1 saturated heterocycles. The van der Waals surface area contributed by atoms with E-state index in [2.05, 4.69) is 60.7 Å². The molecule has 0 radical (unpaired) electrons. The average molecular weight is 298 g/mol. The Kier molecular flexibility index (Phi) is 4.81. The van der Waals surface area contributed by atoms with Gasteiger partial charge in [-0.2, -0.15) is 5.26 Å². The summed E-state index contributed by atoms with van der Waals surface area (Å²) < 4.78 is 12.2. The van der Waals surface area contributed by atoms with E-state index in [4.69, 9.17) is 14.4 Å². The number of nitrogens with zero attached hydrogens (tertiary/aromatic N) is 1. The lowest BCUT2D eigenvalue weighted by atomic mass is 9.83. The van der Waals surface area contributed by atoms with Gasteiger partial charge < -0.3 is 9.16 Å². The first-order valence-corrected chi connectivity index (χ1v) is 10.4. The van der Waals surface area contributed by atoms with E-state index in [1.165, 1.54) is 0 Å². The molecule has 116 valence electrons. The number of hydrogen-bond donors (Lipinski definition) is 0. The second kappa shape index (κ2) is 5.44. The fraction of sp³-hybridized carbons (Fsp3) is 0.938. The Balaban J connectivity index is 2.50. The molecule has 0 aromatic heterocycles. The van der Waals surface area contributed by atoms with E-state index in [0.717, 1.165) is 6.42 Å². The zero-order valence-electron chi connectivity index (χ0n) is 14.5. The molecular formula is C16H31NO2Si. The van der Waals surface area contributed by atoms with Gasteiger partial charge in [-0.05, 0) is 36.9 Å². The second-order valence-corrected chi connectivity index (χ2v) is 13.5. The lowest BCUT2D eigenvalue weighted by Crippen LogP contribution is -2.43. The fourth-order valence-electron chi connectivity index (χ4n) is 2.00. The summed E-state index contributed by atoms with van der Waals surface area (Å²) in [5.41, 5.74) is -0.129. The third-order valence-corrected chi connectivity index (χ3v) is 9.34. The van der Waals surface area contributed by atoms with Gasteiger partial charge in [-0.3, -0.25) is 0 Å². The van der Waals surface area contributed by atoms with Crippen molar-refractivity contribution < 1.29 is 9.16 Å². The molecule has 1 aliphatic rings. The molecule has 0 bridgehead atoms. The highest BCUT2D eigenvalue weighted by atomic mass is 28.4. The highest BCUT2D eigenvalue weighted by Gasteiger charge is 2.55. The third-order valence-electron chi connectivity index (χ3n) is 4.86. The van der Waals surface area contributed by atoms with E-state index in [0.29, 0.717) is 13.0 Å². The molecule has 0 spiro atoms. The van der Waals surface area contributed by atoms with Gasteiger partial charge in [0.1, 0.15) is 5.60 Å². The molecule has 3 nitrogen and oxygen atoms in total. The molecule has 0 aromatic carbocycles. The highest BCUT2D eigenvalue weighted by molar-refractivity contribution is 6.74. The summed E-state index contributed by atoms with van der Waals surface area (Å²) >= 11 is 0. The third kappa shape index (κ3) is 4.31. The van der Waals surface area contributed by atoms with Crippen LogP contribution in [0.15, 0.2) is 0 Å². The quantitative estimate of drug-likeness (QED) is 0.536. The zero-order chi connectivity index (χ0) is 15.8. The maximum absolute atomic E-state index is 8.85. The van der Waals surface area contributed by atoms with Crippen LogP contribution in [0.25, 0.3) is 0 Å². The predicted molar refractivity (Wildman–Crippen MR) is 85.1 cm³/mol. The smallest absolute Gasteiger partial charge is 0.192 e. The Morgan fingerprint density at radius 3 is 2.25 bits per heavy atom. The molecule has 0 aliphatic carbocycles. The van der Waals surface area contributed by atoms with E-state index in [9.17, 15) is 0 Å². The SMILES string of the molecule is CC(C)(CC#N)C[C@@H]1O[C@@]1(C)CO[Si](C)(C)C(C)(C)C. The summed E-state index contributed by atoms with van der Waals surface area (Å²) in [6.45, 7) is 18.4. The molecule has 0 amide bonds. The van der Waals surface area contributed by atoms with E-state index < -0.39 is 8.32 Å². The van der Waals surface area contributed by atoms with Crippen LogP contribution in [0.2, 0.25) is 18.1 Å². The average Bonchev–Trinajstić information content (AvgIpc) is 2.84. The van der Waals surface area contributed by atoms with E-state index in [1.54, 1.807) is 0 Å². The molecule has 2 atom stereocenters. The molecule has 0 unspecified atom stereocenters. The topological polar surface area (TPSA) is 45.5 Å². The molecule has 1 fully saturated rings. The number of hydrogen-bond acceptors (Lipinski definition) is 3. The van der Waals surface area contributed by atoms with Gasteiger partial charge in [0.25, 0.3) is 0 Å². The predicted octanol–water partition coefficient (Wildman–Crippen LogP) is 4.50. The Labute approximate surface area is 125 Å². The summed E-state index contributed by atoms with van der Waals surface area (Å²) in [6.07, 6.45) is 1.74. The van der Waals surface area contributed by atoms with Gasteiger partial charge in [0.05, 0.1) is 18.8 Å². The first-order valence-electron chi connectivity index (χ1n) is 7.52. The van der Waals surface area contributed by atoms with Gasteiger partial charge in [-0.15, -0.1) is 0 Å². The molecular weight excluding hydrogens is 266 g/mol. The van der Waals surface area contributed by atoms with E-state index in [-0.39, 0.29) is 22.2 Å². The van der Waals surface area contributed by atoms with Crippen molar-refractivity contribution in [3.63, 3.8) is 0 Å². The Bertz CT molecular complexity index is 392. The standard InChI is InChI=1S/C16H31NO2Si/c1-14(2,3)20(7,8)18-12-16(6)13(19-16)11-15(4,5)9-10-17/h13H,9,11-12H2,1-8H3/t13-,16-/m0/s1. The molecule has 1 rings (SSSR count). The van der Waals surface area contributed by atoms with Crippen molar-refractivity contribution in [2.75, 3.05) is 6.61 Å². The summed E-state index contributed by atoms with van der Waals surface area (Å²) in [6, 6.07) is 2.26. The van der Waals surface area contributed by atoms with Gasteiger partial charge in [0, 0.05) is 6.42 Å². The lowest BCUT2D eigenvalue weighted by molar-refractivity contribution is 0.186. The minimum absolute atomic E-state index is 0.0220. The lowest BCUT2D eigenvalue weighted by Gasteiger charge is -2.36. The Morgan fingerprint density at radius 2 is 1.80 bits per heavy atom. The fourth-order valence-corrected chi connectivity index (χ4v) is 3.08. The van der Waals surface area contributed by atoms with Crippen molar-refractivity contribution in [2.24, 2.45) is 5.41 Å². The van der Waals surface area contributed by atoms with Gasteiger partial charge in [-0.1, -0.05) is 34.6 Å². The monoisotopic (exact) mass is 297 g/mol. The molecule has 0 aromatic rings. The first kappa shape index (κ1) is 17.7. The maximum Gasteiger partial charge on any atom is 0.192 e. The van der Waals surface area contributed by atoms with Crippen molar-refractivity contribution >= 4 is 8.32 Å². The van der Waals surface area contributed by atoms with Crippen LogP contribution >= 0.6 is 0 Å². The molecule has 20 heavy (non-hydrogen) atoms. The molecule has 1 heterocycles. The van der Waals surface area contributed by atoms with Crippen molar-refractivity contribution in [1.29, 1.82) is 5.26 Å². The van der Waals surface area contributed by atoms with Crippen LogP contribution in [0.5, 0.6) is 0 Å². The van der Waals surface area contributed by atoms with Crippen molar-refractivity contribution in [1.82, 2.24) is 0 Å². The largest absolute Gasteiger partial charge is 0.414 e. The minimum Gasteiger partial charge on any atom is -0.414 e. The van der Waals surface area contributed by atoms with Crippen molar-refractivity contribution in [3.05, 3.63) is 0 Å². The minimum atomic E-state index is -1.71. The Hall–Kier alpha value is -0.373.